The van der Waals surface area contributed by atoms with Gasteiger partial charge in [-0.05, 0) is 34.6 Å². The number of ether oxygens (including phenoxy) is 2. The number of aliphatic hydroxyl groups excluding tert-OH is 1. The largest absolute Gasteiger partial charge is 0.444 e. The smallest absolute Gasteiger partial charge is 0.412 e. The lowest BCUT2D eigenvalue weighted by molar-refractivity contribution is -0.0675. The van der Waals surface area contributed by atoms with E-state index in [4.69, 9.17) is 15.9 Å². The summed E-state index contributed by atoms with van der Waals surface area (Å²) >= 11 is 0. The molecule has 0 aromatic heterocycles. The van der Waals surface area contributed by atoms with Crippen LogP contribution >= 0.6 is 0 Å². The maximum Gasteiger partial charge on any atom is 0.412 e. The van der Waals surface area contributed by atoms with Gasteiger partial charge in [-0.1, -0.05) is 0 Å². The molecule has 0 spiro atoms. The minimum absolute atomic E-state index is 0.170. The van der Waals surface area contributed by atoms with Crippen molar-refractivity contribution >= 4 is 6.09 Å². The van der Waals surface area contributed by atoms with Gasteiger partial charge in [-0.15, -0.1) is 12.3 Å². The van der Waals surface area contributed by atoms with Crippen LogP contribution in [0.5, 0.6) is 0 Å². The first kappa shape index (κ1) is 15.8. The van der Waals surface area contributed by atoms with Crippen LogP contribution < -0.4 is 0 Å². The molecule has 2 atom stereocenters. The van der Waals surface area contributed by atoms with Gasteiger partial charge in [0.15, 0.2) is 0 Å². The van der Waals surface area contributed by atoms with Crippen LogP contribution in [0.25, 0.3) is 0 Å². The number of carbonyl (C=O) groups excluding carboxylic acids is 1. The van der Waals surface area contributed by atoms with Gasteiger partial charge in [0.2, 0.25) is 0 Å². The predicted molar refractivity (Wildman–Crippen MR) is 71.3 cm³/mol. The van der Waals surface area contributed by atoms with Crippen molar-refractivity contribution in [1.82, 2.24) is 4.90 Å². The van der Waals surface area contributed by atoms with Crippen LogP contribution in [0, 0.1) is 12.3 Å². The summed E-state index contributed by atoms with van der Waals surface area (Å²) in [5.74, 6) is 2.40. The quantitative estimate of drug-likeness (QED) is 0.776. The lowest BCUT2D eigenvalue weighted by Gasteiger charge is -2.36. The Morgan fingerprint density at radius 2 is 2.21 bits per heavy atom. The number of amides is 1. The fourth-order valence-corrected chi connectivity index (χ4v) is 2.04. The van der Waals surface area contributed by atoms with E-state index in [1.807, 2.05) is 0 Å². The molecule has 1 aliphatic heterocycles. The molecule has 1 fully saturated rings. The topological polar surface area (TPSA) is 59.0 Å². The van der Waals surface area contributed by atoms with Crippen molar-refractivity contribution < 1.29 is 19.4 Å². The average Bonchev–Trinajstić information content (AvgIpc) is 2.51. The number of carbonyl (C=O) groups is 1. The Morgan fingerprint density at radius 1 is 1.63 bits per heavy atom. The number of hydrogen-bond donors (Lipinski definition) is 1. The normalized spacial score (nSPS) is 23.8. The molecule has 5 heteroatoms. The highest BCUT2D eigenvalue weighted by atomic mass is 16.6. The molecule has 1 N–H and O–H groups in total. The van der Waals surface area contributed by atoms with E-state index in [1.165, 1.54) is 4.90 Å². The molecule has 1 amide bonds. The van der Waals surface area contributed by atoms with Crippen LogP contribution in [-0.2, 0) is 9.47 Å². The Balaban J connectivity index is 2.90. The molecular weight excluding hydrogens is 246 g/mol. The zero-order chi connectivity index (χ0) is 14.8. The maximum absolute atomic E-state index is 12.3. The molecule has 1 aliphatic rings. The molecule has 1 heterocycles. The summed E-state index contributed by atoms with van der Waals surface area (Å²) in [5.41, 5.74) is -1.42. The lowest BCUT2D eigenvalue weighted by atomic mass is 10.1. The second-order valence-corrected chi connectivity index (χ2v) is 6.15. The van der Waals surface area contributed by atoms with Crippen LogP contribution in [0.1, 0.15) is 41.0 Å². The number of rotatable bonds is 2. The molecule has 5 nitrogen and oxygen atoms in total. The Hall–Kier alpha value is -1.25. The van der Waals surface area contributed by atoms with E-state index in [0.29, 0.717) is 0 Å². The fraction of sp³-hybridized carbons (Fsp3) is 0.786. The van der Waals surface area contributed by atoms with Crippen LogP contribution in [0.2, 0.25) is 0 Å². The molecule has 0 aliphatic carbocycles. The van der Waals surface area contributed by atoms with E-state index in [1.54, 1.807) is 34.6 Å². The van der Waals surface area contributed by atoms with Crippen molar-refractivity contribution in [1.29, 1.82) is 0 Å². The molecule has 108 valence electrons. The SMILES string of the molecule is C#CCC(O)[C@@H]1COC(C)(C)N1C(=O)OC(C)(C)C. The van der Waals surface area contributed by atoms with E-state index in [2.05, 4.69) is 5.92 Å². The number of hydrogen-bond acceptors (Lipinski definition) is 4. The van der Waals surface area contributed by atoms with Gasteiger partial charge >= 0.3 is 6.09 Å². The Kier molecular flexibility index (Phi) is 4.49. The molecule has 0 radical (unpaired) electrons. The van der Waals surface area contributed by atoms with Gasteiger partial charge in [0.05, 0.1) is 18.8 Å². The minimum atomic E-state index is -0.820. The van der Waals surface area contributed by atoms with Gasteiger partial charge in [-0.3, -0.25) is 4.90 Å². The third kappa shape index (κ3) is 3.85. The highest BCUT2D eigenvalue weighted by Gasteiger charge is 2.48. The summed E-state index contributed by atoms with van der Waals surface area (Å²) in [6, 6.07) is -0.485. The second-order valence-electron chi connectivity index (χ2n) is 6.15. The molecule has 1 rings (SSSR count). The Morgan fingerprint density at radius 3 is 2.68 bits per heavy atom. The maximum atomic E-state index is 12.3. The van der Waals surface area contributed by atoms with Crippen molar-refractivity contribution in [2.45, 2.75) is 64.5 Å². The van der Waals surface area contributed by atoms with Crippen molar-refractivity contribution in [3.8, 4) is 12.3 Å². The van der Waals surface area contributed by atoms with Gasteiger partial charge in [0, 0.05) is 6.42 Å². The summed E-state index contributed by atoms with van der Waals surface area (Å²) < 4.78 is 10.9. The van der Waals surface area contributed by atoms with Gasteiger partial charge in [-0.25, -0.2) is 4.79 Å². The van der Waals surface area contributed by atoms with Crippen LogP contribution in [0.4, 0.5) is 4.79 Å². The highest BCUT2D eigenvalue weighted by molar-refractivity contribution is 5.69. The van der Waals surface area contributed by atoms with Gasteiger partial charge in [0.1, 0.15) is 11.3 Å². The third-order valence-corrected chi connectivity index (χ3v) is 2.88. The minimum Gasteiger partial charge on any atom is -0.444 e. The summed E-state index contributed by atoms with van der Waals surface area (Å²) in [6.07, 6.45) is 4.05. The monoisotopic (exact) mass is 269 g/mol. The fourth-order valence-electron chi connectivity index (χ4n) is 2.04. The summed E-state index contributed by atoms with van der Waals surface area (Å²) in [7, 11) is 0. The molecule has 0 bridgehead atoms. The van der Waals surface area contributed by atoms with E-state index in [9.17, 15) is 9.90 Å². The number of nitrogens with zero attached hydrogens (tertiary/aromatic N) is 1. The second kappa shape index (κ2) is 5.40. The molecule has 0 saturated carbocycles. The first-order chi connectivity index (χ1) is 8.58. The predicted octanol–water partition coefficient (Wildman–Crippen LogP) is 1.74. The van der Waals surface area contributed by atoms with Crippen LogP contribution in [0.3, 0.4) is 0 Å². The summed E-state index contributed by atoms with van der Waals surface area (Å²) in [4.78, 5) is 13.7. The van der Waals surface area contributed by atoms with Crippen molar-refractivity contribution in [3.63, 3.8) is 0 Å². The number of terminal acetylenes is 1. The molecule has 1 unspecified atom stereocenters. The zero-order valence-electron chi connectivity index (χ0n) is 12.3. The summed E-state index contributed by atoms with van der Waals surface area (Å²) in [5, 5.41) is 10.0. The first-order valence-electron chi connectivity index (χ1n) is 6.36. The van der Waals surface area contributed by atoms with E-state index < -0.39 is 29.6 Å². The molecule has 0 aromatic rings. The first-order valence-corrected chi connectivity index (χ1v) is 6.36. The highest BCUT2D eigenvalue weighted by Crippen LogP contribution is 2.31. The Labute approximate surface area is 114 Å². The molecule has 1 saturated heterocycles. The standard InChI is InChI=1S/C14H23NO4/c1-7-8-11(16)10-9-18-14(5,6)15(10)12(17)19-13(2,3)4/h1,10-11,16H,8-9H2,2-6H3/t10-,11?/m0/s1. The third-order valence-electron chi connectivity index (χ3n) is 2.88. The lowest BCUT2D eigenvalue weighted by Crippen LogP contribution is -2.53. The van der Waals surface area contributed by atoms with Crippen LogP contribution in [0.15, 0.2) is 0 Å². The van der Waals surface area contributed by atoms with Gasteiger partial charge in [-0.2, -0.15) is 0 Å². The van der Waals surface area contributed by atoms with Gasteiger partial charge < -0.3 is 14.6 Å². The average molecular weight is 269 g/mol. The Bertz CT molecular complexity index is 378. The van der Waals surface area contributed by atoms with Crippen LogP contribution in [-0.4, -0.2) is 46.2 Å². The van der Waals surface area contributed by atoms with E-state index >= 15 is 0 Å². The van der Waals surface area contributed by atoms with E-state index in [-0.39, 0.29) is 13.0 Å². The van der Waals surface area contributed by atoms with Gasteiger partial charge in [0.25, 0.3) is 0 Å². The van der Waals surface area contributed by atoms with Crippen molar-refractivity contribution in [3.05, 3.63) is 0 Å². The molecule has 19 heavy (non-hydrogen) atoms. The molecular formula is C14H23NO4. The number of aliphatic hydroxyl groups is 1. The van der Waals surface area contributed by atoms with E-state index in [0.717, 1.165) is 0 Å². The van der Waals surface area contributed by atoms with Crippen molar-refractivity contribution in [2.75, 3.05) is 6.61 Å². The van der Waals surface area contributed by atoms with Crippen molar-refractivity contribution in [2.24, 2.45) is 0 Å². The zero-order valence-corrected chi connectivity index (χ0v) is 12.3. The summed E-state index contributed by atoms with van der Waals surface area (Å²) in [6.45, 7) is 9.15. The molecule has 0 aromatic carbocycles.